The number of amides is 1. The fourth-order valence-electron chi connectivity index (χ4n) is 2.07. The molecule has 0 aliphatic carbocycles. The van der Waals surface area contributed by atoms with Crippen molar-refractivity contribution in [2.45, 2.75) is 13.1 Å². The highest BCUT2D eigenvalue weighted by atomic mass is 16.6. The minimum Gasteiger partial charge on any atom is -0.383 e. The summed E-state index contributed by atoms with van der Waals surface area (Å²) in [7, 11) is 1.57. The summed E-state index contributed by atoms with van der Waals surface area (Å²) in [6.45, 7) is 1.25. The van der Waals surface area contributed by atoms with E-state index in [9.17, 15) is 14.9 Å². The molecular formula is C15H18N4O4. The SMILES string of the molecule is COCCN(Cc1ccccc1)C(=O)Cn1ccc([N+](=O)[O-])n1. The summed E-state index contributed by atoms with van der Waals surface area (Å²) < 4.78 is 6.31. The van der Waals surface area contributed by atoms with Crippen LogP contribution in [0.3, 0.4) is 0 Å². The number of benzene rings is 1. The average Bonchev–Trinajstić information content (AvgIpc) is 3.01. The van der Waals surface area contributed by atoms with Crippen molar-refractivity contribution in [3.05, 3.63) is 58.3 Å². The number of nitrogens with zero attached hydrogens (tertiary/aromatic N) is 4. The topological polar surface area (TPSA) is 90.5 Å². The molecule has 0 spiro atoms. The molecule has 1 amide bonds. The average molecular weight is 318 g/mol. The van der Waals surface area contributed by atoms with Crippen molar-refractivity contribution in [2.24, 2.45) is 0 Å². The maximum Gasteiger partial charge on any atom is 0.389 e. The van der Waals surface area contributed by atoms with Crippen molar-refractivity contribution >= 4 is 11.7 Å². The second-order valence-corrected chi connectivity index (χ2v) is 4.92. The summed E-state index contributed by atoms with van der Waals surface area (Å²) >= 11 is 0. The number of ether oxygens (including phenoxy) is 1. The summed E-state index contributed by atoms with van der Waals surface area (Å²) in [5.74, 6) is -0.451. The van der Waals surface area contributed by atoms with Crippen molar-refractivity contribution < 1.29 is 14.5 Å². The van der Waals surface area contributed by atoms with Crippen molar-refractivity contribution in [1.82, 2.24) is 14.7 Å². The number of aromatic nitrogens is 2. The van der Waals surface area contributed by atoms with E-state index in [0.717, 1.165) is 5.56 Å². The third-order valence-corrected chi connectivity index (χ3v) is 3.25. The van der Waals surface area contributed by atoms with E-state index in [1.165, 1.54) is 16.9 Å². The fourth-order valence-corrected chi connectivity index (χ4v) is 2.07. The molecule has 0 unspecified atom stereocenters. The minimum absolute atomic E-state index is 0.0512. The first-order chi connectivity index (χ1) is 11.1. The van der Waals surface area contributed by atoms with E-state index < -0.39 is 4.92 Å². The molecule has 23 heavy (non-hydrogen) atoms. The molecule has 2 aromatic rings. The highest BCUT2D eigenvalue weighted by molar-refractivity contribution is 5.76. The molecule has 0 fully saturated rings. The van der Waals surface area contributed by atoms with Crippen molar-refractivity contribution in [3.63, 3.8) is 0 Å². The summed E-state index contributed by atoms with van der Waals surface area (Å²) in [5.41, 5.74) is 1.00. The third-order valence-electron chi connectivity index (χ3n) is 3.25. The molecule has 0 aliphatic rings. The number of carbonyl (C=O) groups is 1. The number of nitro groups is 1. The summed E-state index contributed by atoms with van der Waals surface area (Å²) in [6.07, 6.45) is 1.42. The van der Waals surface area contributed by atoms with Crippen LogP contribution in [0.1, 0.15) is 5.56 Å². The Kier molecular flexibility index (Phi) is 5.81. The molecule has 122 valence electrons. The standard InChI is InChI=1S/C15H18N4O4/c1-23-10-9-17(11-13-5-3-2-4-6-13)15(20)12-18-8-7-14(16-18)19(21)22/h2-8H,9-12H2,1H3. The van der Waals surface area contributed by atoms with Gasteiger partial charge < -0.3 is 19.8 Å². The van der Waals surface area contributed by atoms with Gasteiger partial charge in [0.05, 0.1) is 24.0 Å². The lowest BCUT2D eigenvalue weighted by molar-refractivity contribution is -0.389. The quantitative estimate of drug-likeness (QED) is 0.543. The van der Waals surface area contributed by atoms with Crippen LogP contribution in [0, 0.1) is 10.1 Å². The molecular weight excluding hydrogens is 300 g/mol. The van der Waals surface area contributed by atoms with Crippen LogP contribution in [0.2, 0.25) is 0 Å². The van der Waals surface area contributed by atoms with Crippen LogP contribution in [-0.2, 0) is 22.6 Å². The van der Waals surface area contributed by atoms with Gasteiger partial charge in [0.25, 0.3) is 0 Å². The van der Waals surface area contributed by atoms with Crippen molar-refractivity contribution in [3.8, 4) is 0 Å². The zero-order chi connectivity index (χ0) is 16.7. The van der Waals surface area contributed by atoms with Gasteiger partial charge in [-0.15, -0.1) is 0 Å². The second kappa shape index (κ2) is 8.04. The van der Waals surface area contributed by atoms with E-state index in [-0.39, 0.29) is 18.3 Å². The Morgan fingerprint density at radius 2 is 2.09 bits per heavy atom. The Bertz CT molecular complexity index is 657. The molecule has 1 heterocycles. The summed E-state index contributed by atoms with van der Waals surface area (Å²) in [4.78, 5) is 24.1. The predicted molar refractivity (Wildman–Crippen MR) is 82.6 cm³/mol. The molecule has 0 atom stereocenters. The van der Waals surface area contributed by atoms with Gasteiger partial charge in [0.15, 0.2) is 0 Å². The lowest BCUT2D eigenvalue weighted by Gasteiger charge is -2.22. The first-order valence-electron chi connectivity index (χ1n) is 7.08. The zero-order valence-electron chi connectivity index (χ0n) is 12.8. The molecule has 2 rings (SSSR count). The van der Waals surface area contributed by atoms with Crippen LogP contribution in [0.5, 0.6) is 0 Å². The maximum atomic E-state index is 12.4. The van der Waals surface area contributed by atoms with Crippen LogP contribution < -0.4 is 0 Å². The largest absolute Gasteiger partial charge is 0.389 e. The summed E-state index contributed by atoms with van der Waals surface area (Å²) in [6, 6.07) is 10.9. The molecule has 1 aromatic heterocycles. The van der Waals surface area contributed by atoms with Gasteiger partial charge in [0, 0.05) is 20.2 Å². The minimum atomic E-state index is -0.590. The Morgan fingerprint density at radius 1 is 1.35 bits per heavy atom. The van der Waals surface area contributed by atoms with Crippen molar-refractivity contribution in [2.75, 3.05) is 20.3 Å². The molecule has 0 bridgehead atoms. The Balaban J connectivity index is 2.04. The molecule has 1 aromatic carbocycles. The van der Waals surface area contributed by atoms with E-state index >= 15 is 0 Å². The number of rotatable bonds is 8. The van der Waals surface area contributed by atoms with Crippen LogP contribution in [-0.4, -0.2) is 45.8 Å². The highest BCUT2D eigenvalue weighted by Crippen LogP contribution is 2.08. The lowest BCUT2D eigenvalue weighted by atomic mass is 10.2. The van der Waals surface area contributed by atoms with Gasteiger partial charge in [-0.25, -0.2) is 0 Å². The molecule has 8 nitrogen and oxygen atoms in total. The van der Waals surface area contributed by atoms with Gasteiger partial charge in [-0.3, -0.25) is 4.79 Å². The van der Waals surface area contributed by atoms with Gasteiger partial charge in [0.2, 0.25) is 5.91 Å². The first kappa shape index (κ1) is 16.6. The Hall–Kier alpha value is -2.74. The van der Waals surface area contributed by atoms with Gasteiger partial charge in [-0.1, -0.05) is 30.3 Å². The Labute approximate surface area is 133 Å². The molecule has 0 radical (unpaired) electrons. The van der Waals surface area contributed by atoms with Gasteiger partial charge >= 0.3 is 5.82 Å². The molecule has 0 aliphatic heterocycles. The third kappa shape index (κ3) is 4.89. The van der Waals surface area contributed by atoms with E-state index in [1.54, 1.807) is 12.0 Å². The van der Waals surface area contributed by atoms with Gasteiger partial charge in [-0.2, -0.15) is 4.68 Å². The van der Waals surface area contributed by atoms with Crippen LogP contribution in [0.25, 0.3) is 0 Å². The summed E-state index contributed by atoms with van der Waals surface area (Å²) in [5, 5.41) is 14.4. The number of carbonyl (C=O) groups excluding carboxylic acids is 1. The Morgan fingerprint density at radius 3 is 2.70 bits per heavy atom. The maximum absolute atomic E-state index is 12.4. The lowest BCUT2D eigenvalue weighted by Crippen LogP contribution is -2.36. The number of methoxy groups -OCH3 is 1. The predicted octanol–water partition coefficient (Wildman–Crippen LogP) is 1.47. The van der Waals surface area contributed by atoms with Crippen LogP contribution in [0.4, 0.5) is 5.82 Å². The van der Waals surface area contributed by atoms with E-state index in [4.69, 9.17) is 4.74 Å². The fraction of sp³-hybridized carbons (Fsp3) is 0.333. The molecule has 0 saturated carbocycles. The second-order valence-electron chi connectivity index (χ2n) is 4.92. The monoisotopic (exact) mass is 318 g/mol. The van der Waals surface area contributed by atoms with E-state index in [2.05, 4.69) is 5.10 Å². The van der Waals surface area contributed by atoms with Crippen molar-refractivity contribution in [1.29, 1.82) is 0 Å². The van der Waals surface area contributed by atoms with E-state index in [0.29, 0.717) is 19.7 Å². The van der Waals surface area contributed by atoms with Crippen LogP contribution in [0.15, 0.2) is 42.6 Å². The molecule has 0 saturated heterocycles. The van der Waals surface area contributed by atoms with E-state index in [1.807, 2.05) is 30.3 Å². The number of hydrogen-bond acceptors (Lipinski definition) is 5. The van der Waals surface area contributed by atoms with Gasteiger partial charge in [0.1, 0.15) is 6.54 Å². The zero-order valence-corrected chi connectivity index (χ0v) is 12.8. The molecule has 0 N–H and O–H groups in total. The highest BCUT2D eigenvalue weighted by Gasteiger charge is 2.18. The smallest absolute Gasteiger partial charge is 0.383 e. The van der Waals surface area contributed by atoms with Gasteiger partial charge in [-0.05, 0) is 10.5 Å². The van der Waals surface area contributed by atoms with Crippen LogP contribution >= 0.6 is 0 Å². The molecule has 8 heteroatoms. The number of hydrogen-bond donors (Lipinski definition) is 0. The first-order valence-corrected chi connectivity index (χ1v) is 7.08. The normalized spacial score (nSPS) is 10.5.